The lowest BCUT2D eigenvalue weighted by Gasteiger charge is -2.27. The Morgan fingerprint density at radius 2 is 2.24 bits per heavy atom. The maximum atomic E-state index is 12.8. The first-order valence-corrected chi connectivity index (χ1v) is 7.26. The number of hydrogen-bond acceptors (Lipinski definition) is 3. The maximum absolute atomic E-state index is 12.8. The summed E-state index contributed by atoms with van der Waals surface area (Å²) in [5, 5.41) is 9.23. The molecule has 1 amide bonds. The van der Waals surface area contributed by atoms with Crippen molar-refractivity contribution in [3.05, 3.63) is 42.7 Å². The number of nitrogens with one attached hydrogen (secondary N) is 1. The molecule has 0 radical (unpaired) electrons. The largest absolute Gasteiger partial charge is 0.395 e. The van der Waals surface area contributed by atoms with Gasteiger partial charge in [-0.2, -0.15) is 0 Å². The SMILES string of the molecule is CCCC(C(=O)N(CCO)Cc1ncc[nH]1)n1cccc1. The molecule has 114 valence electrons. The summed E-state index contributed by atoms with van der Waals surface area (Å²) in [6.07, 6.45) is 8.89. The summed E-state index contributed by atoms with van der Waals surface area (Å²) in [5.74, 6) is 0.734. The van der Waals surface area contributed by atoms with Gasteiger partial charge < -0.3 is 19.6 Å². The van der Waals surface area contributed by atoms with Gasteiger partial charge in [-0.15, -0.1) is 0 Å². The number of H-pyrrole nitrogens is 1. The number of hydrogen-bond donors (Lipinski definition) is 2. The third-order valence-corrected chi connectivity index (χ3v) is 3.41. The van der Waals surface area contributed by atoms with Crippen molar-refractivity contribution in [1.82, 2.24) is 19.4 Å². The Balaban J connectivity index is 2.14. The van der Waals surface area contributed by atoms with Crippen LogP contribution >= 0.6 is 0 Å². The molecular weight excluding hydrogens is 268 g/mol. The summed E-state index contributed by atoms with van der Waals surface area (Å²) in [4.78, 5) is 21.6. The second-order valence-corrected chi connectivity index (χ2v) is 4.95. The van der Waals surface area contributed by atoms with Gasteiger partial charge in [0.2, 0.25) is 5.91 Å². The van der Waals surface area contributed by atoms with Gasteiger partial charge in [-0.3, -0.25) is 4.79 Å². The minimum Gasteiger partial charge on any atom is -0.395 e. The van der Waals surface area contributed by atoms with Crippen molar-refractivity contribution in [3.63, 3.8) is 0 Å². The molecule has 6 nitrogen and oxygen atoms in total. The van der Waals surface area contributed by atoms with E-state index in [-0.39, 0.29) is 18.6 Å². The second-order valence-electron chi connectivity index (χ2n) is 4.95. The summed E-state index contributed by atoms with van der Waals surface area (Å²) in [7, 11) is 0. The van der Waals surface area contributed by atoms with E-state index in [1.54, 1.807) is 17.3 Å². The molecule has 0 spiro atoms. The highest BCUT2D eigenvalue weighted by Gasteiger charge is 2.25. The second kappa shape index (κ2) is 7.64. The molecule has 2 N–H and O–H groups in total. The van der Waals surface area contributed by atoms with Crippen LogP contribution in [0.5, 0.6) is 0 Å². The third kappa shape index (κ3) is 3.95. The van der Waals surface area contributed by atoms with E-state index in [4.69, 9.17) is 0 Å². The number of amides is 1. The topological polar surface area (TPSA) is 74.2 Å². The highest BCUT2D eigenvalue weighted by molar-refractivity contribution is 5.80. The van der Waals surface area contributed by atoms with E-state index in [0.717, 1.165) is 18.7 Å². The van der Waals surface area contributed by atoms with Crippen molar-refractivity contribution in [2.45, 2.75) is 32.4 Å². The van der Waals surface area contributed by atoms with Gasteiger partial charge in [0.25, 0.3) is 0 Å². The van der Waals surface area contributed by atoms with Crippen LogP contribution in [0, 0.1) is 0 Å². The molecule has 0 aliphatic heterocycles. The van der Waals surface area contributed by atoms with Gasteiger partial charge in [0.1, 0.15) is 11.9 Å². The number of aliphatic hydroxyl groups excluding tert-OH is 1. The Hall–Kier alpha value is -2.08. The molecule has 0 saturated heterocycles. The molecule has 21 heavy (non-hydrogen) atoms. The Kier molecular flexibility index (Phi) is 5.57. The smallest absolute Gasteiger partial charge is 0.246 e. The summed E-state index contributed by atoms with van der Waals surface area (Å²) in [6, 6.07) is 3.60. The van der Waals surface area contributed by atoms with E-state index in [1.165, 1.54) is 0 Å². The number of nitrogens with zero attached hydrogens (tertiary/aromatic N) is 3. The lowest BCUT2D eigenvalue weighted by Crippen LogP contribution is -2.38. The zero-order valence-corrected chi connectivity index (χ0v) is 12.3. The molecule has 0 saturated carbocycles. The molecule has 0 bridgehead atoms. The fraction of sp³-hybridized carbons (Fsp3) is 0.467. The van der Waals surface area contributed by atoms with Crippen LogP contribution in [0.4, 0.5) is 0 Å². The van der Waals surface area contributed by atoms with Crippen LogP contribution in [0.15, 0.2) is 36.9 Å². The fourth-order valence-corrected chi connectivity index (χ4v) is 2.39. The van der Waals surface area contributed by atoms with Crippen molar-refractivity contribution in [3.8, 4) is 0 Å². The highest BCUT2D eigenvalue weighted by atomic mass is 16.3. The van der Waals surface area contributed by atoms with Crippen molar-refractivity contribution >= 4 is 5.91 Å². The van der Waals surface area contributed by atoms with Crippen molar-refractivity contribution in [1.29, 1.82) is 0 Å². The van der Waals surface area contributed by atoms with Crippen LogP contribution in [-0.4, -0.2) is 43.6 Å². The molecule has 0 aliphatic carbocycles. The Morgan fingerprint density at radius 1 is 1.48 bits per heavy atom. The molecule has 0 aromatic carbocycles. The average molecular weight is 290 g/mol. The van der Waals surface area contributed by atoms with Crippen molar-refractivity contribution in [2.24, 2.45) is 0 Å². The highest BCUT2D eigenvalue weighted by Crippen LogP contribution is 2.18. The first kappa shape index (κ1) is 15.3. The Bertz CT molecular complexity index is 522. The van der Waals surface area contributed by atoms with Crippen LogP contribution in [-0.2, 0) is 11.3 Å². The van der Waals surface area contributed by atoms with E-state index >= 15 is 0 Å². The third-order valence-electron chi connectivity index (χ3n) is 3.41. The molecule has 2 aromatic rings. The standard InChI is InChI=1S/C15H22N4O2/c1-2-5-13(18-8-3-4-9-18)15(21)19(10-11-20)12-14-16-6-7-17-14/h3-4,6-9,13,20H,2,5,10-12H2,1H3,(H,16,17). The van der Waals surface area contributed by atoms with E-state index in [1.807, 2.05) is 29.1 Å². The summed E-state index contributed by atoms with van der Waals surface area (Å²) in [6.45, 7) is 2.69. The Labute approximate surface area is 124 Å². The summed E-state index contributed by atoms with van der Waals surface area (Å²) < 4.78 is 1.93. The van der Waals surface area contributed by atoms with Gasteiger partial charge in [-0.1, -0.05) is 13.3 Å². The van der Waals surface area contributed by atoms with Crippen LogP contribution in [0.2, 0.25) is 0 Å². The molecule has 2 aromatic heterocycles. The normalized spacial score (nSPS) is 12.3. The van der Waals surface area contributed by atoms with Gasteiger partial charge in [-0.25, -0.2) is 4.98 Å². The predicted octanol–water partition coefficient (Wildman–Crippen LogP) is 1.57. The number of rotatable bonds is 8. The summed E-state index contributed by atoms with van der Waals surface area (Å²) >= 11 is 0. The van der Waals surface area contributed by atoms with Crippen LogP contribution in [0.1, 0.15) is 31.6 Å². The zero-order chi connectivity index (χ0) is 15.1. The number of aromatic nitrogens is 3. The maximum Gasteiger partial charge on any atom is 0.246 e. The minimum atomic E-state index is -0.230. The number of aromatic amines is 1. The average Bonchev–Trinajstić information content (AvgIpc) is 3.16. The molecule has 1 unspecified atom stereocenters. The molecule has 1 atom stereocenters. The van der Waals surface area contributed by atoms with E-state index < -0.39 is 0 Å². The number of carbonyl (C=O) groups excluding carboxylic acids is 1. The lowest BCUT2D eigenvalue weighted by atomic mass is 10.1. The van der Waals surface area contributed by atoms with E-state index in [9.17, 15) is 9.90 Å². The first-order chi connectivity index (χ1) is 10.3. The number of carbonyl (C=O) groups is 1. The van der Waals surface area contributed by atoms with Crippen LogP contribution in [0.3, 0.4) is 0 Å². The molecule has 6 heteroatoms. The van der Waals surface area contributed by atoms with Gasteiger partial charge in [0.15, 0.2) is 0 Å². The molecule has 0 fully saturated rings. The molecule has 2 heterocycles. The van der Waals surface area contributed by atoms with Gasteiger partial charge in [0.05, 0.1) is 13.2 Å². The van der Waals surface area contributed by atoms with Crippen LogP contribution in [0.25, 0.3) is 0 Å². The van der Waals surface area contributed by atoms with Gasteiger partial charge in [0, 0.05) is 31.3 Å². The fourth-order valence-electron chi connectivity index (χ4n) is 2.39. The van der Waals surface area contributed by atoms with Crippen molar-refractivity contribution in [2.75, 3.05) is 13.2 Å². The number of aliphatic hydroxyl groups is 1. The monoisotopic (exact) mass is 290 g/mol. The quantitative estimate of drug-likeness (QED) is 0.775. The van der Waals surface area contributed by atoms with E-state index in [0.29, 0.717) is 13.1 Å². The Morgan fingerprint density at radius 3 is 2.81 bits per heavy atom. The molecule has 2 rings (SSSR count). The first-order valence-electron chi connectivity index (χ1n) is 7.26. The minimum absolute atomic E-state index is 0.0125. The van der Waals surface area contributed by atoms with Crippen molar-refractivity contribution < 1.29 is 9.90 Å². The van der Waals surface area contributed by atoms with Crippen LogP contribution < -0.4 is 0 Å². The predicted molar refractivity (Wildman–Crippen MR) is 79.5 cm³/mol. The number of imidazole rings is 1. The molecule has 0 aliphatic rings. The lowest BCUT2D eigenvalue weighted by molar-refractivity contribution is -0.136. The summed E-state index contributed by atoms with van der Waals surface area (Å²) in [5.41, 5.74) is 0. The van der Waals surface area contributed by atoms with Gasteiger partial charge in [-0.05, 0) is 18.6 Å². The van der Waals surface area contributed by atoms with Gasteiger partial charge >= 0.3 is 0 Å². The molecular formula is C15H22N4O2. The van der Waals surface area contributed by atoms with E-state index in [2.05, 4.69) is 16.9 Å². The zero-order valence-electron chi connectivity index (χ0n) is 12.3.